The molecule has 1 amide bonds. The second-order valence-electron chi connectivity index (χ2n) is 7.26. The van der Waals surface area contributed by atoms with Gasteiger partial charge in [0.05, 0.1) is 6.26 Å². The van der Waals surface area contributed by atoms with Gasteiger partial charge in [0.1, 0.15) is 0 Å². The van der Waals surface area contributed by atoms with Crippen LogP contribution in [0.25, 0.3) is 0 Å². The minimum Gasteiger partial charge on any atom is -0.359 e. The lowest BCUT2D eigenvalue weighted by Crippen LogP contribution is -2.56. The molecule has 0 saturated heterocycles. The van der Waals surface area contributed by atoms with E-state index in [0.717, 1.165) is 18.6 Å². The molecule has 0 aliphatic heterocycles. The smallest absolute Gasteiger partial charge is 0.265 e. The van der Waals surface area contributed by atoms with Crippen molar-refractivity contribution < 1.29 is 17.4 Å². The number of carbonyl (C=O) groups is 1. The van der Waals surface area contributed by atoms with Gasteiger partial charge in [-0.15, -0.1) is 0 Å². The molecule has 2 aliphatic carbocycles. The molecule has 132 valence electrons. The van der Waals surface area contributed by atoms with Gasteiger partial charge in [-0.2, -0.15) is 8.42 Å². The van der Waals surface area contributed by atoms with E-state index in [4.69, 9.17) is 16.4 Å². The maximum atomic E-state index is 12.5. The van der Waals surface area contributed by atoms with Crippen molar-refractivity contribution in [3.63, 3.8) is 0 Å². The molecule has 2 fully saturated rings. The number of carbonyl (C=O) groups excluding carboxylic acids is 1. The third-order valence-corrected chi connectivity index (χ3v) is 6.03. The van der Waals surface area contributed by atoms with Crippen molar-refractivity contribution in [2.75, 3.05) is 6.26 Å². The maximum Gasteiger partial charge on any atom is 0.265 e. The first-order valence-corrected chi connectivity index (χ1v) is 10.3. The lowest BCUT2D eigenvalue weighted by atomic mass is 9.92. The molecule has 0 heterocycles. The van der Waals surface area contributed by atoms with E-state index in [9.17, 15) is 13.2 Å². The van der Waals surface area contributed by atoms with E-state index < -0.39 is 21.6 Å². The highest BCUT2D eigenvalue weighted by Crippen LogP contribution is 2.44. The lowest BCUT2D eigenvalue weighted by Gasteiger charge is -2.31. The van der Waals surface area contributed by atoms with Crippen LogP contribution in [0.5, 0.6) is 0 Å². The number of amides is 1. The zero-order valence-corrected chi connectivity index (χ0v) is 15.7. The first kappa shape index (κ1) is 18.6. The zero-order chi connectivity index (χ0) is 17.4. The fraction of sp³-hybridized carbons (Fsp3) is 0.867. The van der Waals surface area contributed by atoms with Crippen molar-refractivity contribution in [1.82, 2.24) is 10.6 Å². The van der Waals surface area contributed by atoms with E-state index >= 15 is 0 Å². The van der Waals surface area contributed by atoms with Gasteiger partial charge in [-0.05, 0) is 56.2 Å². The second-order valence-corrected chi connectivity index (χ2v) is 9.24. The average molecular weight is 363 g/mol. The molecular weight excluding hydrogens is 336 g/mol. The van der Waals surface area contributed by atoms with Crippen LogP contribution in [0.2, 0.25) is 0 Å². The predicted octanol–water partition coefficient (Wildman–Crippen LogP) is 1.56. The summed E-state index contributed by atoms with van der Waals surface area (Å²) >= 11 is 5.23. The minimum absolute atomic E-state index is 0.247. The second kappa shape index (κ2) is 6.64. The Balaban J connectivity index is 1.96. The van der Waals surface area contributed by atoms with Crippen LogP contribution in [0.3, 0.4) is 0 Å². The Kier molecular flexibility index (Phi) is 5.37. The predicted molar refractivity (Wildman–Crippen MR) is 92.3 cm³/mol. The van der Waals surface area contributed by atoms with Gasteiger partial charge in [-0.3, -0.25) is 8.98 Å². The molecule has 0 radical (unpaired) electrons. The number of fused-ring (bicyclic) bond motifs is 2. The van der Waals surface area contributed by atoms with E-state index in [1.165, 1.54) is 26.2 Å². The van der Waals surface area contributed by atoms with Crippen LogP contribution in [0.15, 0.2) is 0 Å². The molecule has 2 rings (SSSR count). The third kappa shape index (κ3) is 4.42. The van der Waals surface area contributed by atoms with Crippen molar-refractivity contribution in [3.8, 4) is 0 Å². The normalized spacial score (nSPS) is 29.3. The molecule has 2 bridgehead atoms. The molecule has 0 aromatic rings. The van der Waals surface area contributed by atoms with Gasteiger partial charge < -0.3 is 10.6 Å². The highest BCUT2D eigenvalue weighted by molar-refractivity contribution is 7.86. The molecule has 0 spiro atoms. The van der Waals surface area contributed by atoms with Crippen LogP contribution in [-0.2, 0) is 19.1 Å². The highest BCUT2D eigenvalue weighted by Gasteiger charge is 2.43. The first-order chi connectivity index (χ1) is 10.5. The van der Waals surface area contributed by atoms with Crippen molar-refractivity contribution in [2.45, 2.75) is 58.1 Å². The van der Waals surface area contributed by atoms with Crippen LogP contribution in [0.1, 0.15) is 46.5 Å². The van der Waals surface area contributed by atoms with Crippen LogP contribution in [0.4, 0.5) is 0 Å². The Bertz CT molecular complexity index is 590. The summed E-state index contributed by atoms with van der Waals surface area (Å²) in [6, 6.07) is 0.308. The van der Waals surface area contributed by atoms with Crippen molar-refractivity contribution in [2.24, 2.45) is 17.8 Å². The van der Waals surface area contributed by atoms with Crippen molar-refractivity contribution in [1.29, 1.82) is 0 Å². The molecular formula is C15H26N2O4S2. The lowest BCUT2D eigenvalue weighted by molar-refractivity contribution is -0.137. The Hall–Kier alpha value is -0.730. The summed E-state index contributed by atoms with van der Waals surface area (Å²) in [7, 11) is -3.76. The average Bonchev–Trinajstić information content (AvgIpc) is 2.98. The van der Waals surface area contributed by atoms with E-state index in [0.29, 0.717) is 12.0 Å². The van der Waals surface area contributed by atoms with Gasteiger partial charge in [0.2, 0.25) is 0 Å². The SMILES string of the molecule is CC(C)[C@](C)(OS(C)(=O)=O)C(=O)NC(=S)N[C@H]1C[C@@H]2CC[C@H]1C2. The molecule has 0 aromatic heterocycles. The van der Waals surface area contributed by atoms with Crippen LogP contribution < -0.4 is 10.6 Å². The first-order valence-electron chi connectivity index (χ1n) is 8.04. The van der Waals surface area contributed by atoms with Gasteiger partial charge in [0.25, 0.3) is 16.0 Å². The van der Waals surface area contributed by atoms with Gasteiger partial charge in [-0.1, -0.05) is 20.3 Å². The van der Waals surface area contributed by atoms with E-state index in [-0.39, 0.29) is 11.0 Å². The van der Waals surface area contributed by atoms with E-state index in [1.54, 1.807) is 13.8 Å². The largest absolute Gasteiger partial charge is 0.359 e. The Morgan fingerprint density at radius 2 is 1.96 bits per heavy atom. The fourth-order valence-electron chi connectivity index (χ4n) is 3.56. The Labute approximate surface area is 143 Å². The molecule has 2 N–H and O–H groups in total. The van der Waals surface area contributed by atoms with Crippen molar-refractivity contribution >= 4 is 33.4 Å². The zero-order valence-electron chi connectivity index (χ0n) is 14.1. The number of rotatable bonds is 5. The number of thiocarbonyl (C=S) groups is 1. The molecule has 0 aromatic carbocycles. The topological polar surface area (TPSA) is 84.5 Å². The van der Waals surface area contributed by atoms with Gasteiger partial charge in [0.15, 0.2) is 10.7 Å². The highest BCUT2D eigenvalue weighted by atomic mass is 32.2. The Morgan fingerprint density at radius 1 is 1.30 bits per heavy atom. The van der Waals surface area contributed by atoms with Gasteiger partial charge in [0, 0.05) is 6.04 Å². The molecule has 4 atom stereocenters. The quantitative estimate of drug-likeness (QED) is 0.570. The number of hydrogen-bond donors (Lipinski definition) is 2. The fourth-order valence-corrected chi connectivity index (χ4v) is 4.71. The molecule has 2 saturated carbocycles. The molecule has 0 unspecified atom stereocenters. The van der Waals surface area contributed by atoms with Crippen LogP contribution >= 0.6 is 12.2 Å². The molecule has 23 heavy (non-hydrogen) atoms. The number of nitrogens with one attached hydrogen (secondary N) is 2. The molecule has 6 nitrogen and oxygen atoms in total. The summed E-state index contributed by atoms with van der Waals surface area (Å²) in [5, 5.41) is 6.06. The number of hydrogen-bond acceptors (Lipinski definition) is 5. The molecule has 8 heteroatoms. The van der Waals surface area contributed by atoms with E-state index in [1.807, 2.05) is 0 Å². The van der Waals surface area contributed by atoms with Crippen LogP contribution in [-0.4, -0.2) is 37.3 Å². The maximum absolute atomic E-state index is 12.5. The molecule has 2 aliphatic rings. The summed E-state index contributed by atoms with van der Waals surface area (Å²) in [4.78, 5) is 12.5. The Morgan fingerprint density at radius 3 is 2.39 bits per heavy atom. The van der Waals surface area contributed by atoms with Crippen LogP contribution in [0, 0.1) is 17.8 Å². The van der Waals surface area contributed by atoms with Gasteiger partial charge in [-0.25, -0.2) is 0 Å². The standard InChI is InChI=1S/C15H26N2O4S2/c1-9(2)15(3,21-23(4,19)20)13(18)17-14(22)16-12-8-10-5-6-11(12)7-10/h9-12H,5-8H2,1-4H3,(H2,16,17,18,22)/t10-,11+,12+,15+/m1/s1. The minimum atomic E-state index is -3.76. The monoisotopic (exact) mass is 362 g/mol. The van der Waals surface area contributed by atoms with Gasteiger partial charge >= 0.3 is 0 Å². The summed E-state index contributed by atoms with van der Waals surface area (Å²) < 4.78 is 28.0. The summed E-state index contributed by atoms with van der Waals surface area (Å²) in [6.45, 7) is 4.93. The third-order valence-electron chi connectivity index (χ3n) is 5.16. The van der Waals surface area contributed by atoms with Crippen molar-refractivity contribution in [3.05, 3.63) is 0 Å². The summed E-state index contributed by atoms with van der Waals surface area (Å²) in [6.07, 6.45) is 5.75. The summed E-state index contributed by atoms with van der Waals surface area (Å²) in [5.74, 6) is 0.519. The summed E-state index contributed by atoms with van der Waals surface area (Å²) in [5.41, 5.74) is -1.49. The van der Waals surface area contributed by atoms with E-state index in [2.05, 4.69) is 10.6 Å².